The summed E-state index contributed by atoms with van der Waals surface area (Å²) >= 11 is 2.18. The van der Waals surface area contributed by atoms with Gasteiger partial charge < -0.3 is 9.47 Å². The third-order valence-electron chi connectivity index (χ3n) is 6.04. The predicted molar refractivity (Wildman–Crippen MR) is 170 cm³/mol. The first kappa shape index (κ1) is 30.1. The summed E-state index contributed by atoms with van der Waals surface area (Å²) < 4.78 is 10.3. The summed E-state index contributed by atoms with van der Waals surface area (Å²) in [5.41, 5.74) is 12.4. The summed E-state index contributed by atoms with van der Waals surface area (Å²) in [6.45, 7) is 0. The molecule has 0 radical (unpaired) electrons. The number of aliphatic imine (C=N–C) groups is 2. The number of hydrazine groups is 2. The van der Waals surface area contributed by atoms with Crippen molar-refractivity contribution in [2.45, 2.75) is 0 Å². The quantitative estimate of drug-likeness (QED) is 0.235. The highest BCUT2D eigenvalue weighted by atomic mass is 32.2. The van der Waals surface area contributed by atoms with Gasteiger partial charge in [-0.25, -0.2) is 0 Å². The molecule has 12 nitrogen and oxygen atoms in total. The lowest BCUT2D eigenvalue weighted by molar-refractivity contribution is -0.114. The first-order chi connectivity index (χ1) is 21.3. The molecule has 14 heteroatoms. The smallest absolute Gasteiger partial charge is 0.286 e. The number of methoxy groups -OCH3 is 2. The van der Waals surface area contributed by atoms with Gasteiger partial charge in [0.15, 0.2) is 10.3 Å². The third-order valence-corrected chi connectivity index (χ3v) is 7.84. The molecular weight excluding hydrogens is 605 g/mol. The summed E-state index contributed by atoms with van der Waals surface area (Å²) in [5, 5.41) is 0.441. The van der Waals surface area contributed by atoms with Crippen LogP contribution >= 0.6 is 23.5 Å². The van der Waals surface area contributed by atoms with Crippen molar-refractivity contribution in [2.75, 3.05) is 14.2 Å². The summed E-state index contributed by atoms with van der Waals surface area (Å²) in [6.07, 6.45) is 3.39. The molecule has 0 aromatic heterocycles. The number of hydrogen-bond donors (Lipinski definition) is 4. The minimum atomic E-state index is -0.496. The SMILES string of the molecule is COc1ccc(/C=C2/SC(NNC(=O)c3ccc(C(=O)NNC4=NC(=O)/C(=C\c5ccc(OC)cc5)S4)cc3)=NC2=O)cc1. The van der Waals surface area contributed by atoms with Crippen molar-refractivity contribution in [3.8, 4) is 11.5 Å². The van der Waals surface area contributed by atoms with Crippen LogP contribution in [0.5, 0.6) is 11.5 Å². The first-order valence-electron chi connectivity index (χ1n) is 12.9. The van der Waals surface area contributed by atoms with Crippen LogP contribution < -0.4 is 31.2 Å². The maximum atomic E-state index is 12.6. The molecule has 3 aromatic rings. The number of hydrogen-bond acceptors (Lipinski definition) is 10. The lowest BCUT2D eigenvalue weighted by Crippen LogP contribution is -2.40. The Morgan fingerprint density at radius 1 is 0.614 bits per heavy atom. The van der Waals surface area contributed by atoms with Gasteiger partial charge in [-0.15, -0.1) is 0 Å². The van der Waals surface area contributed by atoms with E-state index >= 15 is 0 Å². The number of nitrogens with zero attached hydrogens (tertiary/aromatic N) is 2. The Hall–Kier alpha value is -5.34. The number of amides is 4. The zero-order valence-electron chi connectivity index (χ0n) is 23.2. The van der Waals surface area contributed by atoms with E-state index in [1.54, 1.807) is 50.6 Å². The molecule has 0 saturated carbocycles. The second-order valence-corrected chi connectivity index (χ2v) is 11.0. The van der Waals surface area contributed by atoms with Gasteiger partial charge in [0.1, 0.15) is 11.5 Å². The van der Waals surface area contributed by atoms with Gasteiger partial charge in [-0.05, 0) is 95.3 Å². The van der Waals surface area contributed by atoms with E-state index in [1.165, 1.54) is 24.3 Å². The lowest BCUT2D eigenvalue weighted by atomic mass is 10.1. The molecule has 0 spiro atoms. The average molecular weight is 629 g/mol. The fourth-order valence-electron chi connectivity index (χ4n) is 3.77. The fourth-order valence-corrected chi connectivity index (χ4v) is 5.30. The minimum absolute atomic E-state index is 0.221. The molecular formula is C30H24N6O6S2. The standard InChI is InChI=1S/C30H24N6O6S2/c1-41-21-11-3-17(4-12-21)15-23-27(39)31-29(43-23)35-33-25(37)19-7-9-20(10-8-19)26(38)34-36-30-32-28(40)24(44-30)16-18-5-13-22(42-2)14-6-18/h3-16H,1-2H3,(H,33,37)(H,34,38)(H,31,35,39)(H,32,36,40)/b23-15+,24-16+. The second-order valence-electron chi connectivity index (χ2n) is 8.95. The number of ether oxygens (including phenoxy) is 2. The summed E-state index contributed by atoms with van der Waals surface area (Å²) in [7, 11) is 3.15. The second kappa shape index (κ2) is 13.8. The highest BCUT2D eigenvalue weighted by Gasteiger charge is 2.24. The Kier molecular flexibility index (Phi) is 9.42. The normalized spacial score (nSPS) is 16.0. The number of nitrogens with one attached hydrogen (secondary N) is 4. The van der Waals surface area contributed by atoms with Crippen molar-refractivity contribution in [3.05, 3.63) is 105 Å². The fraction of sp³-hybridized carbons (Fsp3) is 0.0667. The molecule has 222 valence electrons. The minimum Gasteiger partial charge on any atom is -0.497 e. The van der Waals surface area contributed by atoms with E-state index < -0.39 is 23.6 Å². The van der Waals surface area contributed by atoms with Crippen LogP contribution in [0.1, 0.15) is 31.8 Å². The van der Waals surface area contributed by atoms with Crippen molar-refractivity contribution in [3.63, 3.8) is 0 Å². The Balaban J connectivity index is 1.08. The summed E-state index contributed by atoms with van der Waals surface area (Å²) in [4.78, 5) is 58.3. The zero-order valence-corrected chi connectivity index (χ0v) is 24.9. The number of benzene rings is 3. The molecule has 0 bridgehead atoms. The van der Waals surface area contributed by atoms with Gasteiger partial charge in [-0.2, -0.15) is 9.98 Å². The Morgan fingerprint density at radius 2 is 0.977 bits per heavy atom. The van der Waals surface area contributed by atoms with Crippen LogP contribution in [0.4, 0.5) is 0 Å². The molecule has 0 saturated heterocycles. The molecule has 0 unspecified atom stereocenters. The Morgan fingerprint density at radius 3 is 1.32 bits per heavy atom. The van der Waals surface area contributed by atoms with E-state index in [-0.39, 0.29) is 21.5 Å². The van der Waals surface area contributed by atoms with Crippen LogP contribution in [0.2, 0.25) is 0 Å². The van der Waals surface area contributed by atoms with Crippen molar-refractivity contribution >= 4 is 69.6 Å². The van der Waals surface area contributed by atoms with Crippen LogP contribution in [0, 0.1) is 0 Å². The van der Waals surface area contributed by atoms with Gasteiger partial charge in [0.2, 0.25) is 0 Å². The third kappa shape index (κ3) is 7.53. The van der Waals surface area contributed by atoms with Crippen molar-refractivity contribution in [2.24, 2.45) is 9.98 Å². The highest BCUT2D eigenvalue weighted by Crippen LogP contribution is 2.29. The molecule has 4 N–H and O–H groups in total. The number of thioether (sulfide) groups is 2. The number of carbonyl (C=O) groups is 4. The van der Waals surface area contributed by atoms with E-state index in [2.05, 4.69) is 31.7 Å². The first-order valence-corrected chi connectivity index (χ1v) is 14.5. The van der Waals surface area contributed by atoms with Crippen molar-refractivity contribution in [1.29, 1.82) is 0 Å². The highest BCUT2D eigenvalue weighted by molar-refractivity contribution is 8.18. The van der Waals surface area contributed by atoms with Crippen LogP contribution in [-0.2, 0) is 9.59 Å². The van der Waals surface area contributed by atoms with E-state index in [0.717, 1.165) is 34.7 Å². The van der Waals surface area contributed by atoms with Crippen molar-refractivity contribution in [1.82, 2.24) is 21.7 Å². The van der Waals surface area contributed by atoms with E-state index in [9.17, 15) is 19.2 Å². The summed E-state index contributed by atoms with van der Waals surface area (Å²) in [6, 6.07) is 20.3. The predicted octanol–water partition coefficient (Wildman–Crippen LogP) is 3.51. The van der Waals surface area contributed by atoms with Crippen molar-refractivity contribution < 1.29 is 28.7 Å². The number of carbonyl (C=O) groups excluding carboxylic acids is 4. The topological polar surface area (TPSA) is 160 Å². The largest absolute Gasteiger partial charge is 0.497 e. The van der Waals surface area contributed by atoms with E-state index in [1.807, 2.05) is 24.3 Å². The average Bonchev–Trinajstić information content (AvgIpc) is 3.59. The van der Waals surface area contributed by atoms with Crippen LogP contribution in [0.25, 0.3) is 12.2 Å². The molecule has 4 amide bonds. The molecule has 0 atom stereocenters. The molecule has 2 aliphatic heterocycles. The molecule has 2 heterocycles. The summed E-state index contributed by atoms with van der Waals surface area (Å²) in [5.74, 6) is -0.444. The monoisotopic (exact) mass is 628 g/mol. The van der Waals surface area contributed by atoms with E-state index in [0.29, 0.717) is 21.3 Å². The van der Waals surface area contributed by atoms with Gasteiger partial charge in [-0.3, -0.25) is 40.9 Å². The van der Waals surface area contributed by atoms with Crippen LogP contribution in [0.3, 0.4) is 0 Å². The molecule has 0 fully saturated rings. The van der Waals surface area contributed by atoms with Crippen LogP contribution in [-0.4, -0.2) is 48.2 Å². The Bertz CT molecular complexity index is 1600. The van der Waals surface area contributed by atoms with Crippen LogP contribution in [0.15, 0.2) is 92.6 Å². The molecule has 2 aliphatic rings. The van der Waals surface area contributed by atoms with Gasteiger partial charge in [-0.1, -0.05) is 24.3 Å². The van der Waals surface area contributed by atoms with E-state index in [4.69, 9.17) is 9.47 Å². The lowest BCUT2D eigenvalue weighted by Gasteiger charge is -2.09. The molecule has 3 aromatic carbocycles. The molecule has 5 rings (SSSR count). The zero-order chi connectivity index (χ0) is 31.1. The molecule has 0 aliphatic carbocycles. The van der Waals surface area contributed by atoms with Gasteiger partial charge in [0, 0.05) is 11.1 Å². The van der Waals surface area contributed by atoms with Gasteiger partial charge in [0.25, 0.3) is 23.6 Å². The molecule has 44 heavy (non-hydrogen) atoms. The Labute approximate surface area is 260 Å². The number of amidine groups is 2. The maximum absolute atomic E-state index is 12.6. The maximum Gasteiger partial charge on any atom is 0.286 e. The van der Waals surface area contributed by atoms with Gasteiger partial charge in [0.05, 0.1) is 24.0 Å². The number of rotatable bonds is 6. The van der Waals surface area contributed by atoms with Gasteiger partial charge >= 0.3 is 0 Å².